The second kappa shape index (κ2) is 5.17. The van der Waals surface area contributed by atoms with Crippen molar-refractivity contribution in [1.82, 2.24) is 5.32 Å². The van der Waals surface area contributed by atoms with Crippen LogP contribution < -0.4 is 5.32 Å². The third-order valence-corrected chi connectivity index (χ3v) is 3.20. The fourth-order valence-electron chi connectivity index (χ4n) is 2.40. The monoisotopic (exact) mass is 229 g/mol. The summed E-state index contributed by atoms with van der Waals surface area (Å²) in [4.78, 5) is 12.0. The van der Waals surface area contributed by atoms with Crippen LogP contribution in [-0.2, 0) is 9.53 Å². The van der Waals surface area contributed by atoms with Crippen LogP contribution in [0.4, 0.5) is 0 Å². The van der Waals surface area contributed by atoms with Gasteiger partial charge in [0.25, 0.3) is 0 Å². The van der Waals surface area contributed by atoms with Gasteiger partial charge in [-0.15, -0.1) is 0 Å². The van der Waals surface area contributed by atoms with Crippen molar-refractivity contribution in [2.45, 2.75) is 47.1 Å². The molecule has 1 aliphatic heterocycles. The van der Waals surface area contributed by atoms with E-state index in [0.29, 0.717) is 12.5 Å². The minimum atomic E-state index is 0. The SMILES string of the molecule is CC(C)C(NC(=O)[C@@H]1CCOC1)C(C)(C)C.[HH]. The van der Waals surface area contributed by atoms with E-state index >= 15 is 0 Å². The highest BCUT2D eigenvalue weighted by atomic mass is 16.5. The summed E-state index contributed by atoms with van der Waals surface area (Å²) in [6, 6.07) is 0.223. The zero-order valence-electron chi connectivity index (χ0n) is 11.2. The van der Waals surface area contributed by atoms with E-state index in [1.165, 1.54) is 0 Å². The van der Waals surface area contributed by atoms with Gasteiger partial charge < -0.3 is 10.1 Å². The maximum absolute atomic E-state index is 12.0. The zero-order chi connectivity index (χ0) is 12.3. The van der Waals surface area contributed by atoms with E-state index in [2.05, 4.69) is 39.9 Å². The van der Waals surface area contributed by atoms with Gasteiger partial charge in [-0.3, -0.25) is 4.79 Å². The lowest BCUT2D eigenvalue weighted by atomic mass is 9.80. The Kier molecular flexibility index (Phi) is 4.36. The van der Waals surface area contributed by atoms with Crippen LogP contribution in [0.25, 0.3) is 0 Å². The van der Waals surface area contributed by atoms with Gasteiger partial charge in [-0.1, -0.05) is 34.6 Å². The van der Waals surface area contributed by atoms with E-state index in [1.54, 1.807) is 0 Å². The van der Waals surface area contributed by atoms with Crippen molar-refractivity contribution in [2.24, 2.45) is 17.3 Å². The molecule has 0 bridgehead atoms. The summed E-state index contributed by atoms with van der Waals surface area (Å²) in [5, 5.41) is 3.18. The average Bonchev–Trinajstić information content (AvgIpc) is 2.63. The predicted molar refractivity (Wildman–Crippen MR) is 67.3 cm³/mol. The van der Waals surface area contributed by atoms with Crippen LogP contribution >= 0.6 is 0 Å². The highest BCUT2D eigenvalue weighted by Crippen LogP contribution is 2.26. The molecular formula is C13H27NO2. The van der Waals surface area contributed by atoms with E-state index in [1.807, 2.05) is 0 Å². The van der Waals surface area contributed by atoms with Crippen LogP contribution in [0.2, 0.25) is 0 Å². The first-order valence-corrected chi connectivity index (χ1v) is 6.20. The smallest absolute Gasteiger partial charge is 0.225 e. The molecule has 16 heavy (non-hydrogen) atoms. The molecule has 1 fully saturated rings. The molecule has 96 valence electrons. The number of hydrogen-bond donors (Lipinski definition) is 1. The molecule has 1 amide bonds. The molecule has 1 N–H and O–H groups in total. The fraction of sp³-hybridized carbons (Fsp3) is 0.923. The Hall–Kier alpha value is -0.570. The van der Waals surface area contributed by atoms with Crippen LogP contribution in [0.1, 0.15) is 42.5 Å². The Balaban J connectivity index is 0.00000256. The highest BCUT2D eigenvalue weighted by Gasteiger charge is 2.32. The van der Waals surface area contributed by atoms with Gasteiger partial charge in [-0.2, -0.15) is 0 Å². The maximum atomic E-state index is 12.0. The molecule has 0 aromatic rings. The zero-order valence-corrected chi connectivity index (χ0v) is 11.2. The molecule has 0 aliphatic carbocycles. The van der Waals surface area contributed by atoms with Gasteiger partial charge in [-0.25, -0.2) is 0 Å². The molecule has 1 rings (SSSR count). The number of carbonyl (C=O) groups is 1. The molecule has 1 aliphatic rings. The molecule has 0 radical (unpaired) electrons. The van der Waals surface area contributed by atoms with Gasteiger partial charge >= 0.3 is 0 Å². The third kappa shape index (κ3) is 3.48. The first-order valence-electron chi connectivity index (χ1n) is 6.20. The van der Waals surface area contributed by atoms with E-state index in [0.717, 1.165) is 13.0 Å². The van der Waals surface area contributed by atoms with Crippen molar-refractivity contribution in [3.8, 4) is 0 Å². The van der Waals surface area contributed by atoms with Crippen molar-refractivity contribution in [3.05, 3.63) is 0 Å². The second-order valence-electron chi connectivity index (χ2n) is 6.16. The molecular weight excluding hydrogens is 202 g/mol. The number of carbonyl (C=O) groups excluding carboxylic acids is 1. The molecule has 0 saturated carbocycles. The van der Waals surface area contributed by atoms with Gasteiger partial charge in [-0.05, 0) is 17.8 Å². The Morgan fingerprint density at radius 2 is 2.06 bits per heavy atom. The highest BCUT2D eigenvalue weighted by molar-refractivity contribution is 5.79. The second-order valence-corrected chi connectivity index (χ2v) is 6.16. The standard InChI is InChI=1S/C13H25NO2.H2/c1-9(2)11(13(3,4)5)14-12(15)10-6-7-16-8-10;/h9-11H,6-8H2,1-5H3,(H,14,15);1H/t10-,11?;/m1./s1. The average molecular weight is 229 g/mol. The van der Waals surface area contributed by atoms with Crippen molar-refractivity contribution in [1.29, 1.82) is 0 Å². The van der Waals surface area contributed by atoms with E-state index in [4.69, 9.17) is 4.74 Å². The van der Waals surface area contributed by atoms with Gasteiger partial charge in [0.05, 0.1) is 12.5 Å². The van der Waals surface area contributed by atoms with E-state index in [-0.39, 0.29) is 24.7 Å². The third-order valence-electron chi connectivity index (χ3n) is 3.20. The van der Waals surface area contributed by atoms with Crippen molar-refractivity contribution >= 4 is 5.91 Å². The lowest BCUT2D eigenvalue weighted by Gasteiger charge is -2.35. The van der Waals surface area contributed by atoms with Crippen molar-refractivity contribution in [2.75, 3.05) is 13.2 Å². The minimum absolute atomic E-state index is 0. The van der Waals surface area contributed by atoms with Crippen LogP contribution in [0, 0.1) is 17.3 Å². The Labute approximate surface area is 100 Å². The lowest BCUT2D eigenvalue weighted by Crippen LogP contribution is -2.49. The molecule has 1 unspecified atom stereocenters. The van der Waals surface area contributed by atoms with Crippen LogP contribution in [0.3, 0.4) is 0 Å². The number of ether oxygens (including phenoxy) is 1. The molecule has 3 heteroatoms. The molecule has 0 spiro atoms. The van der Waals surface area contributed by atoms with Gasteiger partial charge in [0.1, 0.15) is 0 Å². The van der Waals surface area contributed by atoms with Crippen LogP contribution in [0.5, 0.6) is 0 Å². The molecule has 1 saturated heterocycles. The summed E-state index contributed by atoms with van der Waals surface area (Å²) in [5.41, 5.74) is 0.100. The Morgan fingerprint density at radius 1 is 1.44 bits per heavy atom. The minimum Gasteiger partial charge on any atom is -0.381 e. The van der Waals surface area contributed by atoms with Gasteiger partial charge in [0, 0.05) is 14.1 Å². The predicted octanol–water partition coefficient (Wildman–Crippen LogP) is 2.46. The summed E-state index contributed by atoms with van der Waals surface area (Å²) in [6.07, 6.45) is 0.862. The van der Waals surface area contributed by atoms with E-state index in [9.17, 15) is 4.79 Å². The van der Waals surface area contributed by atoms with Gasteiger partial charge in [0.2, 0.25) is 5.91 Å². The summed E-state index contributed by atoms with van der Waals surface area (Å²) < 4.78 is 5.25. The lowest BCUT2D eigenvalue weighted by molar-refractivity contribution is -0.126. The number of rotatable bonds is 3. The topological polar surface area (TPSA) is 38.3 Å². The first kappa shape index (κ1) is 13.5. The van der Waals surface area contributed by atoms with Gasteiger partial charge in [0.15, 0.2) is 0 Å². The van der Waals surface area contributed by atoms with Crippen molar-refractivity contribution in [3.63, 3.8) is 0 Å². The van der Waals surface area contributed by atoms with E-state index < -0.39 is 0 Å². The van der Waals surface area contributed by atoms with Crippen LogP contribution in [0.15, 0.2) is 0 Å². The number of nitrogens with one attached hydrogen (secondary N) is 1. The molecule has 0 aromatic carbocycles. The normalized spacial score (nSPS) is 23.5. The summed E-state index contributed by atoms with van der Waals surface area (Å²) >= 11 is 0. The summed E-state index contributed by atoms with van der Waals surface area (Å²) in [6.45, 7) is 12.1. The molecule has 1 heterocycles. The maximum Gasteiger partial charge on any atom is 0.225 e. The molecule has 0 aromatic heterocycles. The fourth-order valence-corrected chi connectivity index (χ4v) is 2.40. The summed E-state index contributed by atoms with van der Waals surface area (Å²) in [7, 11) is 0. The quantitative estimate of drug-likeness (QED) is 0.807. The first-order chi connectivity index (χ1) is 7.32. The largest absolute Gasteiger partial charge is 0.381 e. The van der Waals surface area contributed by atoms with Crippen LogP contribution in [-0.4, -0.2) is 25.2 Å². The van der Waals surface area contributed by atoms with Crippen molar-refractivity contribution < 1.29 is 11.0 Å². The number of amides is 1. The Morgan fingerprint density at radius 3 is 2.44 bits per heavy atom. The molecule has 3 nitrogen and oxygen atoms in total. The Bertz CT molecular complexity index is 242. The molecule has 2 atom stereocenters. The number of hydrogen-bond acceptors (Lipinski definition) is 2. The summed E-state index contributed by atoms with van der Waals surface area (Å²) in [5.74, 6) is 0.668.